The molecule has 3 N–H and O–H groups in total. The van der Waals surface area contributed by atoms with E-state index < -0.39 is 10.2 Å². The molecule has 0 saturated carbocycles. The Balaban J connectivity index is 4.17. The summed E-state index contributed by atoms with van der Waals surface area (Å²) in [6, 6.07) is -0.151. The lowest BCUT2D eigenvalue weighted by molar-refractivity contribution is 0.471. The number of nitrogens with zero attached hydrogens (tertiary/aromatic N) is 1. The van der Waals surface area contributed by atoms with Gasteiger partial charge in [-0.15, -0.1) is 0 Å². The second-order valence-corrected chi connectivity index (χ2v) is 5.40. The van der Waals surface area contributed by atoms with Crippen LogP contribution in [0.5, 0.6) is 0 Å². The molecule has 0 saturated heterocycles. The monoisotopic (exact) mass is 223 g/mol. The summed E-state index contributed by atoms with van der Waals surface area (Å²) in [5.74, 6) is 0. The minimum Gasteiger partial charge on any atom is -0.329 e. The molecule has 0 rings (SSSR count). The molecule has 1 unspecified atom stereocenters. The highest BCUT2D eigenvalue weighted by atomic mass is 32.2. The second kappa shape index (κ2) is 6.34. The SMILES string of the molecule is CCCCC(CN)NS(=O)(=O)N(C)C. The highest BCUT2D eigenvalue weighted by molar-refractivity contribution is 7.87. The molecule has 0 radical (unpaired) electrons. The normalized spacial score (nSPS) is 14.6. The maximum atomic E-state index is 11.4. The Kier molecular flexibility index (Phi) is 6.26. The Morgan fingerprint density at radius 1 is 1.43 bits per heavy atom. The minimum atomic E-state index is -3.34. The van der Waals surface area contributed by atoms with Crippen LogP contribution in [0.3, 0.4) is 0 Å². The molecule has 0 bridgehead atoms. The standard InChI is InChI=1S/C8H21N3O2S/c1-4-5-6-8(7-9)10-14(12,13)11(2)3/h8,10H,4-7,9H2,1-3H3. The van der Waals surface area contributed by atoms with Crippen molar-refractivity contribution in [3.05, 3.63) is 0 Å². The lowest BCUT2D eigenvalue weighted by atomic mass is 10.1. The first-order chi connectivity index (χ1) is 6.44. The second-order valence-electron chi connectivity index (χ2n) is 3.48. The number of nitrogens with one attached hydrogen (secondary N) is 1. The average Bonchev–Trinajstić information content (AvgIpc) is 2.11. The number of nitrogens with two attached hydrogens (primary N) is 1. The van der Waals surface area contributed by atoms with Crippen molar-refractivity contribution < 1.29 is 8.42 Å². The molecule has 0 aromatic rings. The fourth-order valence-corrected chi connectivity index (χ4v) is 1.84. The fourth-order valence-electron chi connectivity index (χ4n) is 0.991. The van der Waals surface area contributed by atoms with Crippen LogP contribution in [-0.2, 0) is 10.2 Å². The van der Waals surface area contributed by atoms with Gasteiger partial charge in [0.15, 0.2) is 0 Å². The molecule has 86 valence electrons. The third-order valence-electron chi connectivity index (χ3n) is 1.99. The molecule has 0 fully saturated rings. The Morgan fingerprint density at radius 2 is 2.00 bits per heavy atom. The Labute approximate surface area is 86.8 Å². The van der Waals surface area contributed by atoms with Crippen molar-refractivity contribution in [2.45, 2.75) is 32.2 Å². The number of hydrogen-bond acceptors (Lipinski definition) is 3. The van der Waals surface area contributed by atoms with Crippen LogP contribution in [0.25, 0.3) is 0 Å². The van der Waals surface area contributed by atoms with Crippen molar-refractivity contribution in [1.82, 2.24) is 9.03 Å². The third-order valence-corrected chi connectivity index (χ3v) is 3.58. The molecule has 0 heterocycles. The molecule has 0 aromatic carbocycles. The van der Waals surface area contributed by atoms with E-state index >= 15 is 0 Å². The summed E-state index contributed by atoms with van der Waals surface area (Å²) < 4.78 is 26.5. The zero-order chi connectivity index (χ0) is 11.2. The van der Waals surface area contributed by atoms with Crippen LogP contribution in [0.1, 0.15) is 26.2 Å². The molecule has 0 amide bonds. The van der Waals surface area contributed by atoms with Gasteiger partial charge in [0.05, 0.1) is 0 Å². The Hall–Kier alpha value is -0.170. The molecule has 0 aliphatic carbocycles. The zero-order valence-electron chi connectivity index (χ0n) is 9.16. The van der Waals surface area contributed by atoms with E-state index in [1.54, 1.807) is 0 Å². The molecule has 6 heteroatoms. The molecule has 14 heavy (non-hydrogen) atoms. The average molecular weight is 223 g/mol. The number of hydrogen-bond donors (Lipinski definition) is 2. The van der Waals surface area contributed by atoms with E-state index in [-0.39, 0.29) is 6.04 Å². The lowest BCUT2D eigenvalue weighted by Crippen LogP contribution is -2.45. The molecule has 5 nitrogen and oxygen atoms in total. The number of rotatable bonds is 7. The Bertz CT molecular complexity index is 239. The first-order valence-electron chi connectivity index (χ1n) is 4.83. The van der Waals surface area contributed by atoms with Gasteiger partial charge in [-0.05, 0) is 6.42 Å². The quantitative estimate of drug-likeness (QED) is 0.633. The summed E-state index contributed by atoms with van der Waals surface area (Å²) in [5, 5.41) is 0. The minimum absolute atomic E-state index is 0.151. The molecule has 0 aromatic heterocycles. The molecular weight excluding hydrogens is 202 g/mol. The molecule has 0 spiro atoms. The smallest absolute Gasteiger partial charge is 0.279 e. The van der Waals surface area contributed by atoms with Gasteiger partial charge in [-0.25, -0.2) is 0 Å². The van der Waals surface area contributed by atoms with E-state index in [1.807, 2.05) is 0 Å². The first-order valence-corrected chi connectivity index (χ1v) is 6.28. The highest BCUT2D eigenvalue weighted by Crippen LogP contribution is 2.01. The summed E-state index contributed by atoms with van der Waals surface area (Å²) in [4.78, 5) is 0. The van der Waals surface area contributed by atoms with Gasteiger partial charge in [0, 0.05) is 26.7 Å². The topological polar surface area (TPSA) is 75.4 Å². The van der Waals surface area contributed by atoms with Crippen molar-refractivity contribution in [3.8, 4) is 0 Å². The van der Waals surface area contributed by atoms with Gasteiger partial charge in [0.2, 0.25) is 0 Å². The van der Waals surface area contributed by atoms with Crippen LogP contribution in [0, 0.1) is 0 Å². The van der Waals surface area contributed by atoms with E-state index in [0.717, 1.165) is 23.6 Å². The predicted octanol–water partition coefficient (Wildman–Crippen LogP) is -0.100. The fraction of sp³-hybridized carbons (Fsp3) is 1.00. The van der Waals surface area contributed by atoms with Crippen molar-refractivity contribution in [2.24, 2.45) is 5.73 Å². The largest absolute Gasteiger partial charge is 0.329 e. The Morgan fingerprint density at radius 3 is 2.36 bits per heavy atom. The van der Waals surface area contributed by atoms with Gasteiger partial charge in [-0.1, -0.05) is 19.8 Å². The zero-order valence-corrected chi connectivity index (χ0v) is 9.97. The van der Waals surface area contributed by atoms with Crippen LogP contribution >= 0.6 is 0 Å². The summed E-state index contributed by atoms with van der Waals surface area (Å²) in [5.41, 5.74) is 5.48. The summed E-state index contributed by atoms with van der Waals surface area (Å²) in [6.45, 7) is 2.40. The summed E-state index contributed by atoms with van der Waals surface area (Å²) in [7, 11) is -0.345. The highest BCUT2D eigenvalue weighted by Gasteiger charge is 2.17. The van der Waals surface area contributed by atoms with Crippen molar-refractivity contribution in [3.63, 3.8) is 0 Å². The summed E-state index contributed by atoms with van der Waals surface area (Å²) >= 11 is 0. The third kappa shape index (κ3) is 4.90. The molecule has 0 aliphatic rings. The van der Waals surface area contributed by atoms with Crippen molar-refractivity contribution >= 4 is 10.2 Å². The first kappa shape index (κ1) is 13.8. The van der Waals surface area contributed by atoms with Gasteiger partial charge in [-0.3, -0.25) is 0 Å². The number of unbranched alkanes of at least 4 members (excludes halogenated alkanes) is 1. The maximum absolute atomic E-state index is 11.4. The van der Waals surface area contributed by atoms with Gasteiger partial charge < -0.3 is 5.73 Å². The van der Waals surface area contributed by atoms with E-state index in [1.165, 1.54) is 14.1 Å². The predicted molar refractivity (Wildman–Crippen MR) is 58.1 cm³/mol. The van der Waals surface area contributed by atoms with E-state index in [0.29, 0.717) is 6.54 Å². The van der Waals surface area contributed by atoms with Crippen LogP contribution in [0.2, 0.25) is 0 Å². The van der Waals surface area contributed by atoms with Gasteiger partial charge >= 0.3 is 0 Å². The van der Waals surface area contributed by atoms with Crippen molar-refractivity contribution in [1.29, 1.82) is 0 Å². The maximum Gasteiger partial charge on any atom is 0.279 e. The van der Waals surface area contributed by atoms with Crippen molar-refractivity contribution in [2.75, 3.05) is 20.6 Å². The van der Waals surface area contributed by atoms with Crippen LogP contribution in [-0.4, -0.2) is 39.4 Å². The van der Waals surface area contributed by atoms with E-state index in [4.69, 9.17) is 5.73 Å². The van der Waals surface area contributed by atoms with E-state index in [9.17, 15) is 8.42 Å². The van der Waals surface area contributed by atoms with Crippen LogP contribution in [0.15, 0.2) is 0 Å². The lowest BCUT2D eigenvalue weighted by Gasteiger charge is -2.19. The molecule has 1 atom stereocenters. The summed E-state index contributed by atoms with van der Waals surface area (Å²) in [6.07, 6.45) is 2.82. The van der Waals surface area contributed by atoms with Gasteiger partial charge in [0.25, 0.3) is 10.2 Å². The van der Waals surface area contributed by atoms with Crippen LogP contribution in [0.4, 0.5) is 0 Å². The molecule has 0 aliphatic heterocycles. The van der Waals surface area contributed by atoms with E-state index in [2.05, 4.69) is 11.6 Å². The molecular formula is C8H21N3O2S. The van der Waals surface area contributed by atoms with Crippen LogP contribution < -0.4 is 10.5 Å². The van der Waals surface area contributed by atoms with Gasteiger partial charge in [0.1, 0.15) is 0 Å². The van der Waals surface area contributed by atoms with Gasteiger partial charge in [-0.2, -0.15) is 17.4 Å².